The zero-order valence-corrected chi connectivity index (χ0v) is 17.2. The fourth-order valence-corrected chi connectivity index (χ4v) is 4.03. The number of aryl methyl sites for hydroxylation is 2. The van der Waals surface area contributed by atoms with E-state index in [-0.39, 0.29) is 11.9 Å². The highest BCUT2D eigenvalue weighted by molar-refractivity contribution is 5.93. The number of nitrogens with one attached hydrogen (secondary N) is 1. The Kier molecular flexibility index (Phi) is 6.57. The lowest BCUT2D eigenvalue weighted by Gasteiger charge is -2.26. The van der Waals surface area contributed by atoms with Crippen molar-refractivity contribution in [3.05, 3.63) is 53.1 Å². The Morgan fingerprint density at radius 3 is 2.75 bits per heavy atom. The zero-order chi connectivity index (χ0) is 20.1. The third-order valence-electron chi connectivity index (χ3n) is 5.51. The molecule has 0 aliphatic carbocycles. The topological polar surface area (TPSA) is 50.8 Å². The quantitative estimate of drug-likeness (QED) is 0.773. The Bertz CT molecular complexity index is 835. The Hall–Kier alpha value is -2.53. The molecule has 2 aromatic rings. The monoisotopic (exact) mass is 382 g/mol. The van der Waals surface area contributed by atoms with Crippen molar-refractivity contribution in [3.63, 3.8) is 0 Å². The Labute approximate surface area is 167 Å². The van der Waals surface area contributed by atoms with E-state index >= 15 is 0 Å². The van der Waals surface area contributed by atoms with Crippen molar-refractivity contribution in [3.8, 4) is 11.5 Å². The largest absolute Gasteiger partial charge is 0.497 e. The predicted molar refractivity (Wildman–Crippen MR) is 112 cm³/mol. The van der Waals surface area contributed by atoms with Gasteiger partial charge in [0.25, 0.3) is 0 Å². The summed E-state index contributed by atoms with van der Waals surface area (Å²) in [6, 6.07) is 12.2. The number of benzene rings is 2. The molecular weight excluding hydrogens is 352 g/mol. The first-order valence-electron chi connectivity index (χ1n) is 9.91. The minimum atomic E-state index is 0.0257. The lowest BCUT2D eigenvalue weighted by Crippen LogP contribution is -2.33. The second-order valence-corrected chi connectivity index (χ2v) is 7.25. The molecule has 0 radical (unpaired) electrons. The number of methoxy groups -OCH3 is 2. The van der Waals surface area contributed by atoms with Gasteiger partial charge in [0.2, 0.25) is 5.91 Å². The Morgan fingerprint density at radius 1 is 1.21 bits per heavy atom. The van der Waals surface area contributed by atoms with Gasteiger partial charge in [-0.2, -0.15) is 0 Å². The normalized spacial score (nSPS) is 16.8. The van der Waals surface area contributed by atoms with Crippen LogP contribution >= 0.6 is 0 Å². The van der Waals surface area contributed by atoms with Gasteiger partial charge in [0.1, 0.15) is 11.5 Å². The molecule has 1 heterocycles. The Balaban J connectivity index is 1.77. The fourth-order valence-electron chi connectivity index (χ4n) is 4.03. The van der Waals surface area contributed by atoms with Gasteiger partial charge in [-0.15, -0.1) is 0 Å². The molecule has 0 aromatic heterocycles. The average molecular weight is 383 g/mol. The van der Waals surface area contributed by atoms with Crippen LogP contribution in [0.5, 0.6) is 11.5 Å². The van der Waals surface area contributed by atoms with Crippen LogP contribution in [0.1, 0.15) is 42.5 Å². The third-order valence-corrected chi connectivity index (χ3v) is 5.51. The maximum Gasteiger partial charge on any atom is 0.238 e. The van der Waals surface area contributed by atoms with Crippen LogP contribution in [0.4, 0.5) is 5.69 Å². The first-order valence-corrected chi connectivity index (χ1v) is 9.91. The summed E-state index contributed by atoms with van der Waals surface area (Å²) in [5.74, 6) is 1.67. The number of rotatable bonds is 7. The van der Waals surface area contributed by atoms with Gasteiger partial charge in [-0.25, -0.2) is 0 Å². The molecular formula is C23H30N2O3. The van der Waals surface area contributed by atoms with Crippen molar-refractivity contribution in [2.75, 3.05) is 32.6 Å². The van der Waals surface area contributed by atoms with Crippen LogP contribution in [0, 0.1) is 6.92 Å². The molecule has 28 heavy (non-hydrogen) atoms. The molecule has 1 atom stereocenters. The van der Waals surface area contributed by atoms with Crippen molar-refractivity contribution in [1.29, 1.82) is 0 Å². The number of hydrogen-bond donors (Lipinski definition) is 1. The van der Waals surface area contributed by atoms with Gasteiger partial charge < -0.3 is 14.8 Å². The molecule has 150 valence electrons. The number of ether oxygens (including phenoxy) is 2. The second kappa shape index (κ2) is 9.11. The molecule has 0 bridgehead atoms. The molecule has 1 saturated heterocycles. The number of para-hydroxylation sites is 1. The highest BCUT2D eigenvalue weighted by atomic mass is 16.5. The molecule has 0 spiro atoms. The fraction of sp³-hybridized carbons (Fsp3) is 0.435. The van der Waals surface area contributed by atoms with Crippen LogP contribution < -0.4 is 14.8 Å². The van der Waals surface area contributed by atoms with Crippen LogP contribution in [-0.2, 0) is 11.2 Å². The highest BCUT2D eigenvalue weighted by Gasteiger charge is 2.30. The summed E-state index contributed by atoms with van der Waals surface area (Å²) < 4.78 is 11.0. The minimum absolute atomic E-state index is 0.0257. The summed E-state index contributed by atoms with van der Waals surface area (Å²) in [5.41, 5.74) is 4.29. The molecule has 1 unspecified atom stereocenters. The second-order valence-electron chi connectivity index (χ2n) is 7.25. The summed E-state index contributed by atoms with van der Waals surface area (Å²) >= 11 is 0. The van der Waals surface area contributed by atoms with Gasteiger partial charge in [-0.3, -0.25) is 9.69 Å². The predicted octanol–water partition coefficient (Wildman–Crippen LogP) is 4.35. The summed E-state index contributed by atoms with van der Waals surface area (Å²) in [4.78, 5) is 15.1. The molecule has 1 fully saturated rings. The van der Waals surface area contributed by atoms with Crippen LogP contribution in [0.2, 0.25) is 0 Å². The van der Waals surface area contributed by atoms with E-state index in [1.165, 1.54) is 5.56 Å². The van der Waals surface area contributed by atoms with E-state index in [9.17, 15) is 4.79 Å². The van der Waals surface area contributed by atoms with E-state index in [0.717, 1.165) is 54.1 Å². The van der Waals surface area contributed by atoms with E-state index in [4.69, 9.17) is 9.47 Å². The molecule has 1 N–H and O–H groups in total. The summed E-state index contributed by atoms with van der Waals surface area (Å²) in [5, 5.41) is 3.14. The van der Waals surface area contributed by atoms with Crippen LogP contribution in [0.15, 0.2) is 36.4 Å². The lowest BCUT2D eigenvalue weighted by molar-refractivity contribution is -0.117. The number of likely N-dealkylation sites (tertiary alicyclic amines) is 1. The lowest BCUT2D eigenvalue weighted by atomic mass is 10.0. The first-order chi connectivity index (χ1) is 13.6. The van der Waals surface area contributed by atoms with E-state index < -0.39 is 0 Å². The van der Waals surface area contributed by atoms with Crippen molar-refractivity contribution >= 4 is 11.6 Å². The van der Waals surface area contributed by atoms with Crippen molar-refractivity contribution < 1.29 is 14.3 Å². The summed E-state index contributed by atoms with van der Waals surface area (Å²) in [6.45, 7) is 5.40. The van der Waals surface area contributed by atoms with Crippen molar-refractivity contribution in [1.82, 2.24) is 4.90 Å². The number of amides is 1. The molecule has 3 rings (SSSR count). The smallest absolute Gasteiger partial charge is 0.238 e. The molecule has 1 amide bonds. The number of carbonyl (C=O) groups is 1. The molecule has 2 aromatic carbocycles. The molecule has 0 saturated carbocycles. The molecule has 5 heteroatoms. The SMILES string of the molecule is CCc1cccc(C)c1NC(=O)CN1CCCC1c1cc(OC)ccc1OC. The van der Waals surface area contributed by atoms with Crippen LogP contribution in [0.25, 0.3) is 0 Å². The maximum absolute atomic E-state index is 12.8. The highest BCUT2D eigenvalue weighted by Crippen LogP contribution is 2.38. The van der Waals surface area contributed by atoms with Gasteiger partial charge in [0.05, 0.1) is 20.8 Å². The van der Waals surface area contributed by atoms with Crippen molar-refractivity contribution in [2.24, 2.45) is 0 Å². The summed E-state index contributed by atoms with van der Waals surface area (Å²) in [7, 11) is 3.35. The molecule has 5 nitrogen and oxygen atoms in total. The number of nitrogens with zero attached hydrogens (tertiary/aromatic N) is 1. The van der Waals surface area contributed by atoms with E-state index in [1.54, 1.807) is 14.2 Å². The number of hydrogen-bond acceptors (Lipinski definition) is 4. The molecule has 1 aliphatic rings. The molecule has 1 aliphatic heterocycles. The van der Waals surface area contributed by atoms with Gasteiger partial charge in [-0.05, 0) is 62.1 Å². The first kappa shape index (κ1) is 20.2. The average Bonchev–Trinajstić information content (AvgIpc) is 3.16. The van der Waals surface area contributed by atoms with Gasteiger partial charge in [0, 0.05) is 17.3 Å². The van der Waals surface area contributed by atoms with Crippen LogP contribution in [-0.4, -0.2) is 38.1 Å². The van der Waals surface area contributed by atoms with Gasteiger partial charge >= 0.3 is 0 Å². The van der Waals surface area contributed by atoms with Crippen LogP contribution in [0.3, 0.4) is 0 Å². The van der Waals surface area contributed by atoms with E-state index in [2.05, 4.69) is 23.2 Å². The summed E-state index contributed by atoms with van der Waals surface area (Å²) in [6.07, 6.45) is 2.95. The third kappa shape index (κ3) is 4.30. The van der Waals surface area contributed by atoms with Crippen molar-refractivity contribution in [2.45, 2.75) is 39.2 Å². The minimum Gasteiger partial charge on any atom is -0.497 e. The van der Waals surface area contributed by atoms with E-state index in [1.807, 2.05) is 37.3 Å². The van der Waals surface area contributed by atoms with E-state index in [0.29, 0.717) is 6.54 Å². The van der Waals surface area contributed by atoms with Gasteiger partial charge in [0.15, 0.2) is 0 Å². The number of carbonyl (C=O) groups excluding carboxylic acids is 1. The van der Waals surface area contributed by atoms with Gasteiger partial charge in [-0.1, -0.05) is 25.1 Å². The zero-order valence-electron chi connectivity index (χ0n) is 17.2. The number of anilines is 1. The maximum atomic E-state index is 12.8. The standard InChI is InChI=1S/C23H30N2O3/c1-5-17-9-6-8-16(2)23(17)24-22(26)15-25-13-7-10-20(25)19-14-18(27-3)11-12-21(19)28-4/h6,8-9,11-12,14,20H,5,7,10,13,15H2,1-4H3,(H,24,26). The Morgan fingerprint density at radius 2 is 2.04 bits per heavy atom.